The third-order valence-corrected chi connectivity index (χ3v) is 6.51. The summed E-state index contributed by atoms with van der Waals surface area (Å²) in [6, 6.07) is 26.3. The molecule has 0 spiro atoms. The predicted octanol–water partition coefficient (Wildman–Crippen LogP) is 6.16. The fraction of sp³-hybridized carbons (Fsp3) is 0.0333. The van der Waals surface area contributed by atoms with E-state index in [0.29, 0.717) is 33.0 Å². The van der Waals surface area contributed by atoms with Crippen molar-refractivity contribution in [1.29, 1.82) is 0 Å². The number of hydrogen-bond acceptors (Lipinski definition) is 5. The Morgan fingerprint density at radius 3 is 2.42 bits per heavy atom. The van der Waals surface area contributed by atoms with Crippen molar-refractivity contribution in [2.24, 2.45) is 5.10 Å². The molecule has 3 aromatic heterocycles. The number of aryl methyl sites for hydroxylation is 1. The maximum atomic E-state index is 13.6. The fourth-order valence-electron chi connectivity index (χ4n) is 4.21. The van der Waals surface area contributed by atoms with Crippen LogP contribution in [0.1, 0.15) is 11.1 Å². The molecule has 8 heteroatoms. The minimum Gasteiger partial charge on any atom is -0.267 e. The Kier molecular flexibility index (Phi) is 6.11. The Balaban J connectivity index is 1.54. The number of aromatic nitrogens is 5. The first-order chi connectivity index (χ1) is 18.6. The van der Waals surface area contributed by atoms with Gasteiger partial charge >= 0.3 is 0 Å². The van der Waals surface area contributed by atoms with Gasteiger partial charge in [-0.25, -0.2) is 9.67 Å². The molecule has 0 fully saturated rings. The van der Waals surface area contributed by atoms with E-state index >= 15 is 0 Å². The summed E-state index contributed by atoms with van der Waals surface area (Å²) in [7, 11) is 0. The number of para-hydroxylation sites is 1. The summed E-state index contributed by atoms with van der Waals surface area (Å²) in [5, 5.41) is 10.4. The van der Waals surface area contributed by atoms with E-state index in [1.165, 1.54) is 4.68 Å². The molecule has 0 aliphatic rings. The number of rotatable bonds is 5. The highest BCUT2D eigenvalue weighted by Crippen LogP contribution is 2.27. The highest BCUT2D eigenvalue weighted by molar-refractivity contribution is 6.33. The molecule has 38 heavy (non-hydrogen) atoms. The van der Waals surface area contributed by atoms with Crippen molar-refractivity contribution in [2.45, 2.75) is 6.92 Å². The van der Waals surface area contributed by atoms with E-state index in [4.69, 9.17) is 21.7 Å². The van der Waals surface area contributed by atoms with Crippen LogP contribution in [0.2, 0.25) is 5.02 Å². The summed E-state index contributed by atoms with van der Waals surface area (Å²) < 4.78 is 3.09. The number of benzene rings is 3. The van der Waals surface area contributed by atoms with Gasteiger partial charge in [0.25, 0.3) is 5.56 Å². The average Bonchev–Trinajstić information content (AvgIpc) is 3.38. The minimum absolute atomic E-state index is 0.293. The van der Waals surface area contributed by atoms with Gasteiger partial charge in [-0.1, -0.05) is 53.6 Å². The second-order valence-electron chi connectivity index (χ2n) is 8.74. The van der Waals surface area contributed by atoms with Crippen molar-refractivity contribution in [3.63, 3.8) is 0 Å². The van der Waals surface area contributed by atoms with Crippen molar-refractivity contribution >= 4 is 28.7 Å². The van der Waals surface area contributed by atoms with Gasteiger partial charge in [-0.15, -0.1) is 0 Å². The molecular weight excluding hydrogens is 496 g/mol. The van der Waals surface area contributed by atoms with Crippen LogP contribution in [0.5, 0.6) is 0 Å². The lowest BCUT2D eigenvalue weighted by atomic mass is 10.1. The van der Waals surface area contributed by atoms with Crippen LogP contribution in [0.4, 0.5) is 0 Å². The van der Waals surface area contributed by atoms with E-state index in [1.807, 2.05) is 79.9 Å². The van der Waals surface area contributed by atoms with Crippen molar-refractivity contribution in [3.05, 3.63) is 130 Å². The van der Waals surface area contributed by atoms with Crippen molar-refractivity contribution in [1.82, 2.24) is 24.4 Å². The third-order valence-electron chi connectivity index (χ3n) is 6.18. The highest BCUT2D eigenvalue weighted by Gasteiger charge is 2.16. The van der Waals surface area contributed by atoms with Gasteiger partial charge in [-0.3, -0.25) is 9.78 Å². The van der Waals surface area contributed by atoms with Gasteiger partial charge in [0.1, 0.15) is 5.69 Å². The lowest BCUT2D eigenvalue weighted by Gasteiger charge is -2.10. The van der Waals surface area contributed by atoms with Crippen LogP contribution in [0.3, 0.4) is 0 Å². The maximum Gasteiger partial charge on any atom is 0.282 e. The van der Waals surface area contributed by atoms with Crippen LogP contribution < -0.4 is 5.56 Å². The molecule has 0 unspecified atom stereocenters. The van der Waals surface area contributed by atoms with Crippen molar-refractivity contribution in [2.75, 3.05) is 0 Å². The molecular formula is C30H21ClN6O. The normalized spacial score (nSPS) is 11.4. The maximum absolute atomic E-state index is 13.6. The molecule has 184 valence electrons. The van der Waals surface area contributed by atoms with E-state index in [0.717, 1.165) is 22.4 Å². The Morgan fingerprint density at radius 1 is 0.895 bits per heavy atom. The summed E-state index contributed by atoms with van der Waals surface area (Å²) in [6.07, 6.45) is 6.95. The van der Waals surface area contributed by atoms with Crippen LogP contribution in [0.25, 0.3) is 39.2 Å². The number of pyridine rings is 1. The topological polar surface area (TPSA) is 78.0 Å². The molecule has 3 aromatic carbocycles. The zero-order valence-electron chi connectivity index (χ0n) is 20.4. The molecule has 6 aromatic rings. The molecule has 3 heterocycles. The second kappa shape index (κ2) is 9.88. The van der Waals surface area contributed by atoms with Gasteiger partial charge in [0.2, 0.25) is 0 Å². The number of nitrogens with zero attached hydrogens (tertiary/aromatic N) is 6. The molecule has 0 saturated carbocycles. The molecule has 0 atom stereocenters. The average molecular weight is 517 g/mol. The zero-order valence-corrected chi connectivity index (χ0v) is 21.1. The van der Waals surface area contributed by atoms with Crippen LogP contribution in [0, 0.1) is 6.92 Å². The molecule has 0 aliphatic heterocycles. The van der Waals surface area contributed by atoms with Crippen LogP contribution in [-0.4, -0.2) is 30.6 Å². The van der Waals surface area contributed by atoms with Crippen LogP contribution in [0.15, 0.2) is 113 Å². The second-order valence-corrected chi connectivity index (χ2v) is 9.15. The predicted molar refractivity (Wildman–Crippen MR) is 151 cm³/mol. The smallest absolute Gasteiger partial charge is 0.267 e. The third kappa shape index (κ3) is 4.40. The summed E-state index contributed by atoms with van der Waals surface area (Å²) in [4.78, 5) is 22.5. The van der Waals surface area contributed by atoms with E-state index in [1.54, 1.807) is 41.5 Å². The molecule has 0 aliphatic carbocycles. The van der Waals surface area contributed by atoms with Crippen molar-refractivity contribution < 1.29 is 0 Å². The van der Waals surface area contributed by atoms with Crippen LogP contribution in [-0.2, 0) is 0 Å². The Bertz CT molecular complexity index is 1860. The van der Waals surface area contributed by atoms with Crippen LogP contribution >= 0.6 is 11.6 Å². The molecule has 0 bridgehead atoms. The van der Waals surface area contributed by atoms with Gasteiger partial charge in [0.05, 0.1) is 27.8 Å². The van der Waals surface area contributed by atoms with Gasteiger partial charge in [0, 0.05) is 35.3 Å². The quantitative estimate of drug-likeness (QED) is 0.257. The summed E-state index contributed by atoms with van der Waals surface area (Å²) in [5.41, 5.74) is 5.27. The number of halogens is 1. The standard InChI is InChI=1S/C30H21ClN6O/c1-20-10-12-23(13-11-20)36-19-22(28(35-36)21-14-16-32-17-15-21)18-33-37-29(24-6-2-4-8-26(24)31)34-27-9-5-3-7-25(27)30(37)38/h2-19H,1H3/b33-18+. The molecule has 0 amide bonds. The monoisotopic (exact) mass is 516 g/mol. The van der Waals surface area contributed by atoms with Gasteiger partial charge in [-0.2, -0.15) is 14.9 Å². The molecule has 0 N–H and O–H groups in total. The van der Waals surface area contributed by atoms with E-state index in [-0.39, 0.29) is 5.56 Å². The Labute approximate surface area is 223 Å². The number of hydrogen-bond donors (Lipinski definition) is 0. The Morgan fingerprint density at radius 2 is 1.63 bits per heavy atom. The van der Waals surface area contributed by atoms with E-state index in [9.17, 15) is 4.79 Å². The van der Waals surface area contributed by atoms with E-state index < -0.39 is 0 Å². The first-order valence-corrected chi connectivity index (χ1v) is 12.3. The number of fused-ring (bicyclic) bond motifs is 1. The lowest BCUT2D eigenvalue weighted by Crippen LogP contribution is -2.20. The Hall–Kier alpha value is -4.88. The van der Waals surface area contributed by atoms with Gasteiger partial charge in [-0.05, 0) is 55.5 Å². The molecule has 6 rings (SSSR count). The molecule has 0 saturated heterocycles. The SMILES string of the molecule is Cc1ccc(-n2cc(/C=N/n3c(-c4ccccc4Cl)nc4ccccc4c3=O)c(-c3ccncc3)n2)cc1. The highest BCUT2D eigenvalue weighted by atomic mass is 35.5. The summed E-state index contributed by atoms with van der Waals surface area (Å²) >= 11 is 6.51. The molecule has 7 nitrogen and oxygen atoms in total. The van der Waals surface area contributed by atoms with E-state index in [2.05, 4.69) is 10.1 Å². The minimum atomic E-state index is -0.293. The van der Waals surface area contributed by atoms with Crippen molar-refractivity contribution in [3.8, 4) is 28.3 Å². The first kappa shape index (κ1) is 23.5. The lowest BCUT2D eigenvalue weighted by molar-refractivity contribution is 0.830. The fourth-order valence-corrected chi connectivity index (χ4v) is 4.43. The summed E-state index contributed by atoms with van der Waals surface area (Å²) in [6.45, 7) is 2.04. The summed E-state index contributed by atoms with van der Waals surface area (Å²) in [5.74, 6) is 0.354. The van der Waals surface area contributed by atoms with Gasteiger partial charge < -0.3 is 0 Å². The zero-order chi connectivity index (χ0) is 26.1. The first-order valence-electron chi connectivity index (χ1n) is 12.0. The largest absolute Gasteiger partial charge is 0.282 e. The molecule has 0 radical (unpaired) electrons. The van der Waals surface area contributed by atoms with Gasteiger partial charge in [0.15, 0.2) is 5.82 Å².